The van der Waals surface area contributed by atoms with Gasteiger partial charge in [-0.2, -0.15) is 9.97 Å². The molecule has 8 nitrogen and oxygen atoms in total. The minimum atomic E-state index is -0.193. The second-order valence-electron chi connectivity index (χ2n) is 4.39. The van der Waals surface area contributed by atoms with Crippen LogP contribution in [0.25, 0.3) is 11.2 Å². The van der Waals surface area contributed by atoms with Crippen LogP contribution in [0, 0.1) is 0 Å². The van der Waals surface area contributed by atoms with Crippen LogP contribution in [0.2, 0.25) is 0 Å². The first-order chi connectivity index (χ1) is 9.22. The minimum absolute atomic E-state index is 0.0174. The van der Waals surface area contributed by atoms with Crippen molar-refractivity contribution in [3.63, 3.8) is 0 Å². The van der Waals surface area contributed by atoms with Crippen molar-refractivity contribution in [2.75, 3.05) is 19.5 Å². The van der Waals surface area contributed by atoms with Crippen LogP contribution in [-0.4, -0.2) is 44.4 Å². The summed E-state index contributed by atoms with van der Waals surface area (Å²) in [7, 11) is 1.51. The predicted molar refractivity (Wildman–Crippen MR) is 66.5 cm³/mol. The Morgan fingerprint density at radius 2 is 2.37 bits per heavy atom. The lowest BCUT2D eigenvalue weighted by molar-refractivity contribution is -0.0207. The maximum absolute atomic E-state index is 9.11. The Bertz CT molecular complexity index is 599. The van der Waals surface area contributed by atoms with E-state index in [4.69, 9.17) is 20.3 Å². The average molecular weight is 265 g/mol. The van der Waals surface area contributed by atoms with Crippen molar-refractivity contribution in [2.45, 2.75) is 25.2 Å². The molecule has 0 radical (unpaired) electrons. The first-order valence-corrected chi connectivity index (χ1v) is 6.03. The number of aliphatic hydroxyl groups is 1. The Hall–Kier alpha value is -1.93. The summed E-state index contributed by atoms with van der Waals surface area (Å²) in [6.45, 7) is 0.0174. The SMILES string of the molecule is COc1nc(N)nc2c1ncn2C1CC[C@@H](CO)O1. The zero-order chi connectivity index (χ0) is 13.4. The van der Waals surface area contributed by atoms with Crippen molar-refractivity contribution >= 4 is 17.1 Å². The third kappa shape index (κ3) is 1.98. The van der Waals surface area contributed by atoms with Gasteiger partial charge in [-0.25, -0.2) is 4.98 Å². The molecule has 0 spiro atoms. The number of hydrogen-bond donors (Lipinski definition) is 2. The summed E-state index contributed by atoms with van der Waals surface area (Å²) in [6.07, 6.45) is 2.90. The Morgan fingerprint density at radius 1 is 1.53 bits per heavy atom. The number of rotatable bonds is 3. The van der Waals surface area contributed by atoms with Crippen LogP contribution < -0.4 is 10.5 Å². The molecule has 1 saturated heterocycles. The summed E-state index contributed by atoms with van der Waals surface area (Å²) in [5.74, 6) is 0.473. The summed E-state index contributed by atoms with van der Waals surface area (Å²) < 4.78 is 12.6. The molecule has 19 heavy (non-hydrogen) atoms. The van der Waals surface area contributed by atoms with Crippen LogP contribution in [0.15, 0.2) is 6.33 Å². The molecule has 0 bridgehead atoms. The van der Waals surface area contributed by atoms with Crippen LogP contribution in [-0.2, 0) is 4.74 Å². The molecule has 3 heterocycles. The van der Waals surface area contributed by atoms with Gasteiger partial charge in [-0.3, -0.25) is 4.57 Å². The monoisotopic (exact) mass is 265 g/mol. The number of nitrogen functional groups attached to an aromatic ring is 1. The summed E-state index contributed by atoms with van der Waals surface area (Å²) in [6, 6.07) is 0. The fourth-order valence-corrected chi connectivity index (χ4v) is 2.29. The van der Waals surface area contributed by atoms with E-state index in [1.54, 1.807) is 10.9 Å². The molecule has 8 heteroatoms. The molecule has 3 rings (SSSR count). The molecular weight excluding hydrogens is 250 g/mol. The highest BCUT2D eigenvalue weighted by molar-refractivity contribution is 5.77. The van der Waals surface area contributed by atoms with E-state index in [1.165, 1.54) is 7.11 Å². The molecule has 0 aromatic carbocycles. The second-order valence-corrected chi connectivity index (χ2v) is 4.39. The van der Waals surface area contributed by atoms with E-state index < -0.39 is 0 Å². The summed E-state index contributed by atoms with van der Waals surface area (Å²) in [4.78, 5) is 12.4. The molecule has 102 valence electrons. The summed E-state index contributed by atoms with van der Waals surface area (Å²) in [5, 5.41) is 9.11. The maximum atomic E-state index is 9.11. The van der Waals surface area contributed by atoms with Crippen molar-refractivity contribution < 1.29 is 14.6 Å². The Labute approximate surface area is 109 Å². The number of hydrogen-bond acceptors (Lipinski definition) is 7. The van der Waals surface area contributed by atoms with Gasteiger partial charge >= 0.3 is 0 Å². The van der Waals surface area contributed by atoms with Crippen molar-refractivity contribution in [1.82, 2.24) is 19.5 Å². The van der Waals surface area contributed by atoms with E-state index >= 15 is 0 Å². The first kappa shape index (κ1) is 12.1. The molecule has 1 aliphatic heterocycles. The summed E-state index contributed by atoms with van der Waals surface area (Å²) >= 11 is 0. The smallest absolute Gasteiger partial charge is 0.246 e. The molecule has 0 amide bonds. The molecule has 1 fully saturated rings. The van der Waals surface area contributed by atoms with E-state index in [2.05, 4.69) is 15.0 Å². The van der Waals surface area contributed by atoms with E-state index in [1.807, 2.05) is 0 Å². The average Bonchev–Trinajstić information content (AvgIpc) is 3.03. The van der Waals surface area contributed by atoms with Crippen LogP contribution in [0.4, 0.5) is 5.95 Å². The highest BCUT2D eigenvalue weighted by atomic mass is 16.5. The van der Waals surface area contributed by atoms with Crippen LogP contribution >= 0.6 is 0 Å². The lowest BCUT2D eigenvalue weighted by Crippen LogP contribution is -2.14. The largest absolute Gasteiger partial charge is 0.479 e. The molecule has 0 saturated carbocycles. The molecule has 0 aliphatic carbocycles. The van der Waals surface area contributed by atoms with Gasteiger partial charge in [-0.1, -0.05) is 0 Å². The number of fused-ring (bicyclic) bond motifs is 1. The van der Waals surface area contributed by atoms with E-state index in [0.29, 0.717) is 17.0 Å². The van der Waals surface area contributed by atoms with Crippen LogP contribution in [0.1, 0.15) is 19.1 Å². The zero-order valence-corrected chi connectivity index (χ0v) is 10.5. The third-order valence-electron chi connectivity index (χ3n) is 3.20. The number of anilines is 1. The van der Waals surface area contributed by atoms with Crippen LogP contribution in [0.5, 0.6) is 5.88 Å². The first-order valence-electron chi connectivity index (χ1n) is 6.03. The van der Waals surface area contributed by atoms with Gasteiger partial charge in [0.2, 0.25) is 11.8 Å². The van der Waals surface area contributed by atoms with Gasteiger partial charge in [0.15, 0.2) is 11.2 Å². The molecule has 2 atom stereocenters. The topological polar surface area (TPSA) is 108 Å². The predicted octanol–water partition coefficient (Wildman–Crippen LogP) is 0.0870. The minimum Gasteiger partial charge on any atom is -0.479 e. The normalized spacial score (nSPS) is 23.1. The highest BCUT2D eigenvalue weighted by Crippen LogP contribution is 2.31. The van der Waals surface area contributed by atoms with E-state index in [9.17, 15) is 0 Å². The van der Waals surface area contributed by atoms with Crippen LogP contribution in [0.3, 0.4) is 0 Å². The van der Waals surface area contributed by atoms with Gasteiger partial charge in [-0.05, 0) is 12.8 Å². The second kappa shape index (κ2) is 4.63. The highest BCUT2D eigenvalue weighted by Gasteiger charge is 2.28. The van der Waals surface area contributed by atoms with Gasteiger partial charge < -0.3 is 20.3 Å². The van der Waals surface area contributed by atoms with Crippen molar-refractivity contribution in [3.05, 3.63) is 6.33 Å². The molecule has 3 N–H and O–H groups in total. The standard InChI is InChI=1S/C11H15N5O3/c1-18-10-8-9(14-11(12)15-10)16(5-13-8)7-3-2-6(4-17)19-7/h5-7,17H,2-4H2,1H3,(H2,12,14,15)/t6-,7?/m0/s1. The van der Waals surface area contributed by atoms with Gasteiger partial charge in [0, 0.05) is 0 Å². The number of ether oxygens (including phenoxy) is 2. The zero-order valence-electron chi connectivity index (χ0n) is 10.5. The molecule has 2 aromatic rings. The van der Waals surface area contributed by atoms with E-state index in [-0.39, 0.29) is 24.9 Å². The summed E-state index contributed by atoms with van der Waals surface area (Å²) in [5.41, 5.74) is 6.78. The lowest BCUT2D eigenvalue weighted by Gasteiger charge is -2.14. The Balaban J connectivity index is 2.03. The Morgan fingerprint density at radius 3 is 3.05 bits per heavy atom. The maximum Gasteiger partial charge on any atom is 0.246 e. The van der Waals surface area contributed by atoms with Gasteiger partial charge in [0.05, 0.1) is 26.1 Å². The third-order valence-corrected chi connectivity index (χ3v) is 3.20. The van der Waals surface area contributed by atoms with Crippen molar-refractivity contribution in [3.8, 4) is 5.88 Å². The molecule has 1 aliphatic rings. The number of aromatic nitrogens is 4. The number of imidazole rings is 1. The van der Waals surface area contributed by atoms with E-state index in [0.717, 1.165) is 12.8 Å². The number of methoxy groups -OCH3 is 1. The molecule has 2 aromatic heterocycles. The Kier molecular flexibility index (Phi) is 2.96. The quantitative estimate of drug-likeness (QED) is 0.809. The van der Waals surface area contributed by atoms with Gasteiger partial charge in [0.1, 0.15) is 6.23 Å². The molecular formula is C11H15N5O3. The fourth-order valence-electron chi connectivity index (χ4n) is 2.29. The number of nitrogens with two attached hydrogens (primary N) is 1. The van der Waals surface area contributed by atoms with Gasteiger partial charge in [0.25, 0.3) is 0 Å². The molecule has 1 unspecified atom stereocenters. The van der Waals surface area contributed by atoms with Gasteiger partial charge in [-0.15, -0.1) is 0 Å². The van der Waals surface area contributed by atoms with Crippen molar-refractivity contribution in [2.24, 2.45) is 0 Å². The number of aliphatic hydroxyl groups excluding tert-OH is 1. The lowest BCUT2D eigenvalue weighted by atomic mass is 10.2. The van der Waals surface area contributed by atoms with Crippen molar-refractivity contribution in [1.29, 1.82) is 0 Å². The number of nitrogens with zero attached hydrogens (tertiary/aromatic N) is 4. The fraction of sp³-hybridized carbons (Fsp3) is 0.545.